The first-order chi connectivity index (χ1) is 17.8. The number of piperidine rings is 1. The zero-order valence-electron chi connectivity index (χ0n) is 21.8. The van der Waals surface area contributed by atoms with Crippen molar-refractivity contribution < 1.29 is 14.4 Å². The number of aryl methyl sites for hydroxylation is 2. The number of hydrogen-bond donors (Lipinski definition) is 0. The molecule has 0 unspecified atom stereocenters. The number of imide groups is 1. The molecule has 0 saturated carbocycles. The van der Waals surface area contributed by atoms with Gasteiger partial charge in [-0.15, -0.1) is 11.3 Å². The third kappa shape index (κ3) is 4.68. The first-order valence-corrected chi connectivity index (χ1v) is 13.7. The van der Waals surface area contributed by atoms with Crippen LogP contribution in [0.4, 0.5) is 5.69 Å². The molecule has 2 aliphatic heterocycles. The number of thiophene rings is 1. The second-order valence-corrected chi connectivity index (χ2v) is 11.0. The van der Waals surface area contributed by atoms with E-state index in [1.165, 1.54) is 4.90 Å². The lowest BCUT2D eigenvalue weighted by Crippen LogP contribution is -2.44. The van der Waals surface area contributed by atoms with Crippen LogP contribution in [0, 0.1) is 19.8 Å². The predicted octanol–water partition coefficient (Wildman–Crippen LogP) is 4.29. The third-order valence-electron chi connectivity index (χ3n) is 7.61. The van der Waals surface area contributed by atoms with E-state index < -0.39 is 0 Å². The summed E-state index contributed by atoms with van der Waals surface area (Å²) in [6, 6.07) is 11.5. The van der Waals surface area contributed by atoms with Gasteiger partial charge in [0.05, 0.1) is 41.0 Å². The lowest BCUT2D eigenvalue weighted by Gasteiger charge is -2.37. The fourth-order valence-electron chi connectivity index (χ4n) is 5.47. The van der Waals surface area contributed by atoms with Gasteiger partial charge in [-0.3, -0.25) is 24.0 Å². The molecule has 2 atom stereocenters. The van der Waals surface area contributed by atoms with E-state index in [1.54, 1.807) is 17.4 Å². The fraction of sp³-hybridized carbons (Fsp3) is 0.429. The summed E-state index contributed by atoms with van der Waals surface area (Å²) in [5, 5.41) is 6.48. The summed E-state index contributed by atoms with van der Waals surface area (Å²) in [6.07, 6.45) is 1.67. The van der Waals surface area contributed by atoms with Crippen molar-refractivity contribution in [1.82, 2.24) is 19.6 Å². The maximum atomic E-state index is 13.5. The molecule has 3 aromatic rings. The van der Waals surface area contributed by atoms with Gasteiger partial charge in [-0.25, -0.2) is 0 Å². The van der Waals surface area contributed by atoms with E-state index in [0.717, 1.165) is 41.3 Å². The van der Waals surface area contributed by atoms with Crippen molar-refractivity contribution in [2.24, 2.45) is 5.92 Å². The quantitative estimate of drug-likeness (QED) is 0.435. The number of aromatic nitrogens is 2. The highest BCUT2D eigenvalue weighted by atomic mass is 32.1. The minimum absolute atomic E-state index is 0.0128. The van der Waals surface area contributed by atoms with Crippen molar-refractivity contribution in [1.29, 1.82) is 0 Å². The summed E-state index contributed by atoms with van der Waals surface area (Å²) >= 11 is 1.66. The molecule has 1 saturated heterocycles. The van der Waals surface area contributed by atoms with Crippen molar-refractivity contribution in [3.8, 4) is 0 Å². The molecule has 0 spiro atoms. The van der Waals surface area contributed by atoms with Crippen LogP contribution < -0.4 is 4.90 Å². The number of carbonyl (C=O) groups excluding carboxylic acids is 3. The van der Waals surface area contributed by atoms with Crippen LogP contribution in [0.1, 0.15) is 62.8 Å². The molecule has 4 heterocycles. The van der Waals surface area contributed by atoms with Gasteiger partial charge in [0.15, 0.2) is 0 Å². The molecular weight excluding hydrogens is 486 g/mol. The second-order valence-electron chi connectivity index (χ2n) is 10.0. The predicted molar refractivity (Wildman–Crippen MR) is 144 cm³/mol. The molecule has 9 heteroatoms. The fourth-order valence-corrected chi connectivity index (χ4v) is 6.30. The highest BCUT2D eigenvalue weighted by Gasteiger charge is 2.39. The van der Waals surface area contributed by atoms with E-state index in [1.807, 2.05) is 60.1 Å². The van der Waals surface area contributed by atoms with Gasteiger partial charge < -0.3 is 9.80 Å². The first-order valence-electron chi connectivity index (χ1n) is 12.8. The molecule has 37 heavy (non-hydrogen) atoms. The van der Waals surface area contributed by atoms with Gasteiger partial charge in [0.25, 0.3) is 11.8 Å². The molecule has 5 rings (SSSR count). The second kappa shape index (κ2) is 10.1. The average Bonchev–Trinajstić information content (AvgIpc) is 3.61. The molecule has 0 N–H and O–H groups in total. The molecule has 2 aliphatic rings. The maximum Gasteiger partial charge on any atom is 0.263 e. The van der Waals surface area contributed by atoms with Gasteiger partial charge in [0, 0.05) is 37.3 Å². The number of hydrogen-bond acceptors (Lipinski definition) is 6. The van der Waals surface area contributed by atoms with E-state index in [0.29, 0.717) is 24.2 Å². The van der Waals surface area contributed by atoms with E-state index in [-0.39, 0.29) is 36.2 Å². The van der Waals surface area contributed by atoms with Crippen molar-refractivity contribution in [2.45, 2.75) is 46.2 Å². The van der Waals surface area contributed by atoms with E-state index in [9.17, 15) is 14.4 Å². The van der Waals surface area contributed by atoms with Crippen LogP contribution in [0.15, 0.2) is 41.8 Å². The molecule has 194 valence electrons. The van der Waals surface area contributed by atoms with Crippen molar-refractivity contribution >= 4 is 34.7 Å². The highest BCUT2D eigenvalue weighted by Crippen LogP contribution is 2.35. The number of carbonyl (C=O) groups is 3. The van der Waals surface area contributed by atoms with E-state index >= 15 is 0 Å². The van der Waals surface area contributed by atoms with Crippen molar-refractivity contribution in [3.63, 3.8) is 0 Å². The molecule has 1 fully saturated rings. The van der Waals surface area contributed by atoms with Gasteiger partial charge in [0.1, 0.15) is 0 Å². The largest absolute Gasteiger partial charge is 0.370 e. The van der Waals surface area contributed by atoms with Gasteiger partial charge in [0.2, 0.25) is 5.91 Å². The molecule has 0 bridgehead atoms. The Bertz CT molecular complexity index is 1330. The van der Waals surface area contributed by atoms with Gasteiger partial charge >= 0.3 is 0 Å². The summed E-state index contributed by atoms with van der Waals surface area (Å²) in [7, 11) is 1.87. The minimum atomic E-state index is -0.269. The summed E-state index contributed by atoms with van der Waals surface area (Å²) in [4.78, 5) is 46.6. The number of benzene rings is 1. The van der Waals surface area contributed by atoms with Gasteiger partial charge in [-0.05, 0) is 63.3 Å². The minimum Gasteiger partial charge on any atom is -0.370 e. The average molecular weight is 520 g/mol. The SMILES string of the molecule is Cc1cc(C)n(CCN2C(=O)c3cccc(N4CCC[C@H](C(=O)N(C)[C@@H](C)c5cccs5)C4)c3C2=O)n1. The Hall–Kier alpha value is -3.46. The number of amides is 3. The van der Waals surface area contributed by atoms with E-state index in [4.69, 9.17) is 0 Å². The van der Waals surface area contributed by atoms with Crippen LogP contribution in [0.25, 0.3) is 0 Å². The molecule has 8 nitrogen and oxygen atoms in total. The lowest BCUT2D eigenvalue weighted by atomic mass is 9.94. The summed E-state index contributed by atoms with van der Waals surface area (Å²) in [5.41, 5.74) is 3.54. The topological polar surface area (TPSA) is 78.8 Å². The van der Waals surface area contributed by atoms with Gasteiger partial charge in [-0.1, -0.05) is 12.1 Å². The number of anilines is 1. The molecule has 0 aliphatic carbocycles. The summed E-state index contributed by atoms with van der Waals surface area (Å²) < 4.78 is 1.83. The number of nitrogens with zero attached hydrogens (tertiary/aromatic N) is 5. The molecular formula is C28H33N5O3S. The first kappa shape index (κ1) is 25.2. The Labute approximate surface area is 221 Å². The van der Waals surface area contributed by atoms with Crippen LogP contribution in [-0.2, 0) is 11.3 Å². The van der Waals surface area contributed by atoms with Crippen molar-refractivity contribution in [3.05, 3.63) is 69.2 Å². The molecule has 0 radical (unpaired) electrons. The zero-order valence-corrected chi connectivity index (χ0v) is 22.6. The smallest absolute Gasteiger partial charge is 0.263 e. The Morgan fingerprint density at radius 2 is 1.97 bits per heavy atom. The summed E-state index contributed by atoms with van der Waals surface area (Å²) in [5.74, 6) is -0.579. The zero-order chi connectivity index (χ0) is 26.3. The molecule has 1 aromatic carbocycles. The third-order valence-corrected chi connectivity index (χ3v) is 8.65. The van der Waals surface area contributed by atoms with Crippen LogP contribution >= 0.6 is 11.3 Å². The van der Waals surface area contributed by atoms with E-state index in [2.05, 4.69) is 23.0 Å². The number of rotatable bonds is 7. The Morgan fingerprint density at radius 1 is 1.16 bits per heavy atom. The maximum absolute atomic E-state index is 13.5. The van der Waals surface area contributed by atoms with Crippen LogP contribution in [-0.4, -0.2) is 64.0 Å². The molecule has 3 amide bonds. The summed E-state index contributed by atoms with van der Waals surface area (Å²) in [6.45, 7) is 7.94. The standard InChI is InChI=1S/C28H33N5O3S/c1-18-16-19(2)33(29-18)14-13-32-27(35)22-9-5-10-23(25(22)28(32)36)31-12-6-8-21(17-31)26(34)30(4)20(3)24-11-7-15-37-24/h5,7,9-11,15-16,20-21H,6,8,12-14,17H2,1-4H3/t20-,21-/m0/s1. The molecule has 2 aromatic heterocycles. The lowest BCUT2D eigenvalue weighted by molar-refractivity contribution is -0.136. The number of fused-ring (bicyclic) bond motifs is 1. The Morgan fingerprint density at radius 3 is 2.68 bits per heavy atom. The monoisotopic (exact) mass is 519 g/mol. The Kier molecular flexibility index (Phi) is 6.90. The Balaban J connectivity index is 1.32. The normalized spacial score (nSPS) is 18.3. The van der Waals surface area contributed by atoms with Crippen LogP contribution in [0.2, 0.25) is 0 Å². The van der Waals surface area contributed by atoms with Crippen molar-refractivity contribution in [2.75, 3.05) is 31.6 Å². The van der Waals surface area contributed by atoms with Crippen LogP contribution in [0.3, 0.4) is 0 Å². The highest BCUT2D eigenvalue weighted by molar-refractivity contribution is 7.10. The van der Waals surface area contributed by atoms with Crippen LogP contribution in [0.5, 0.6) is 0 Å². The van der Waals surface area contributed by atoms with Gasteiger partial charge in [-0.2, -0.15) is 5.10 Å².